The van der Waals surface area contributed by atoms with Crippen LogP contribution in [0.2, 0.25) is 0 Å². The van der Waals surface area contributed by atoms with Gasteiger partial charge in [-0.2, -0.15) is 0 Å². The van der Waals surface area contributed by atoms with E-state index in [4.69, 9.17) is 14.2 Å². The molecule has 0 bridgehead atoms. The Kier molecular flexibility index (Phi) is 8.33. The first-order valence-corrected chi connectivity index (χ1v) is 14.6. The number of esters is 1. The molecule has 37 heavy (non-hydrogen) atoms. The molecule has 4 aliphatic carbocycles. The summed E-state index contributed by atoms with van der Waals surface area (Å²) in [6, 6.07) is 0. The van der Waals surface area contributed by atoms with Crippen molar-refractivity contribution in [1.29, 1.82) is 0 Å². The smallest absolute Gasteiger partial charge is 0.469 e. The molecule has 11 atom stereocenters. The highest BCUT2D eigenvalue weighted by atomic mass is 16.7. The molecule has 0 aliphatic heterocycles. The Balaban J connectivity index is 1.59. The molecule has 4 unspecified atom stereocenters. The van der Waals surface area contributed by atoms with E-state index >= 15 is 0 Å². The van der Waals surface area contributed by atoms with Crippen molar-refractivity contribution in [1.82, 2.24) is 0 Å². The van der Waals surface area contributed by atoms with Gasteiger partial charge in [0.25, 0.3) is 0 Å². The van der Waals surface area contributed by atoms with Gasteiger partial charge in [0.15, 0.2) is 0 Å². The summed E-state index contributed by atoms with van der Waals surface area (Å²) in [4.78, 5) is 38.1. The minimum Gasteiger partial charge on any atom is -0.469 e. The SMILES string of the molecule is CCOC(=O)O[C@@H]1CC[C@]2(C)C3C(O)C[C@@]4(C)C(CC[C@@H]4[C@H](C)CCC(=O)OC)C3C(=O)[C@H](CC)[C@@H]2C1. The zero-order valence-corrected chi connectivity index (χ0v) is 23.7. The molecule has 7 nitrogen and oxygen atoms in total. The number of aliphatic hydroxyl groups is 1. The summed E-state index contributed by atoms with van der Waals surface area (Å²) >= 11 is 0. The second-order valence-corrected chi connectivity index (χ2v) is 12.9. The van der Waals surface area contributed by atoms with E-state index in [1.54, 1.807) is 6.92 Å². The van der Waals surface area contributed by atoms with Crippen LogP contribution in [0.5, 0.6) is 0 Å². The van der Waals surface area contributed by atoms with E-state index in [2.05, 4.69) is 27.7 Å². The van der Waals surface area contributed by atoms with Gasteiger partial charge in [-0.25, -0.2) is 4.79 Å². The van der Waals surface area contributed by atoms with Gasteiger partial charge in [-0.3, -0.25) is 9.59 Å². The van der Waals surface area contributed by atoms with Crippen LogP contribution >= 0.6 is 0 Å². The Morgan fingerprint density at radius 1 is 1.11 bits per heavy atom. The first-order valence-electron chi connectivity index (χ1n) is 14.6. The van der Waals surface area contributed by atoms with Gasteiger partial charge in [-0.15, -0.1) is 0 Å². The molecule has 4 fully saturated rings. The summed E-state index contributed by atoms with van der Waals surface area (Å²) < 4.78 is 15.5. The first-order chi connectivity index (χ1) is 17.5. The van der Waals surface area contributed by atoms with Crippen LogP contribution in [0, 0.1) is 52.3 Å². The minimum absolute atomic E-state index is 0.0569. The number of methoxy groups -OCH3 is 1. The Labute approximate surface area is 222 Å². The van der Waals surface area contributed by atoms with E-state index < -0.39 is 12.3 Å². The Bertz CT molecular complexity index is 872. The largest absolute Gasteiger partial charge is 0.508 e. The molecule has 4 aliphatic rings. The van der Waals surface area contributed by atoms with Crippen LogP contribution in [-0.4, -0.2) is 48.9 Å². The van der Waals surface area contributed by atoms with Crippen LogP contribution < -0.4 is 0 Å². The third kappa shape index (κ3) is 4.83. The molecule has 0 amide bonds. The van der Waals surface area contributed by atoms with E-state index in [0.717, 1.165) is 38.5 Å². The molecule has 7 heteroatoms. The highest BCUT2D eigenvalue weighted by Gasteiger charge is 2.67. The molecular weight excluding hydrogens is 472 g/mol. The van der Waals surface area contributed by atoms with Crippen molar-refractivity contribution >= 4 is 17.9 Å². The van der Waals surface area contributed by atoms with Gasteiger partial charge in [-0.1, -0.05) is 27.7 Å². The molecule has 0 saturated heterocycles. The van der Waals surface area contributed by atoms with Crippen molar-refractivity contribution in [2.45, 2.75) is 105 Å². The monoisotopic (exact) mass is 520 g/mol. The number of carbonyl (C=O) groups excluding carboxylic acids is 3. The average molecular weight is 521 g/mol. The minimum atomic E-state index is -0.629. The zero-order valence-electron chi connectivity index (χ0n) is 23.7. The lowest BCUT2D eigenvalue weighted by Gasteiger charge is -2.63. The Morgan fingerprint density at radius 2 is 1.84 bits per heavy atom. The zero-order chi connectivity index (χ0) is 27.1. The van der Waals surface area contributed by atoms with Crippen LogP contribution in [-0.2, 0) is 23.8 Å². The molecule has 210 valence electrons. The fourth-order valence-electron chi connectivity index (χ4n) is 9.75. The molecule has 0 aromatic heterocycles. The van der Waals surface area contributed by atoms with Crippen molar-refractivity contribution in [3.05, 3.63) is 0 Å². The number of rotatable bonds is 7. The van der Waals surface area contributed by atoms with Crippen LogP contribution in [0.3, 0.4) is 0 Å². The van der Waals surface area contributed by atoms with Gasteiger partial charge in [0.2, 0.25) is 0 Å². The number of aliphatic hydroxyl groups excluding tert-OH is 1. The number of hydrogen-bond acceptors (Lipinski definition) is 7. The van der Waals surface area contributed by atoms with Gasteiger partial charge in [0.05, 0.1) is 19.8 Å². The van der Waals surface area contributed by atoms with Crippen molar-refractivity contribution in [2.24, 2.45) is 52.3 Å². The maximum absolute atomic E-state index is 14.3. The third-order valence-electron chi connectivity index (χ3n) is 11.4. The molecule has 0 aromatic carbocycles. The van der Waals surface area contributed by atoms with Crippen LogP contribution in [0.25, 0.3) is 0 Å². The van der Waals surface area contributed by atoms with E-state index in [1.165, 1.54) is 7.11 Å². The molecule has 0 radical (unpaired) electrons. The summed E-state index contributed by atoms with van der Waals surface area (Å²) in [5.74, 6) is 0.953. The number of ether oxygens (including phenoxy) is 3. The van der Waals surface area contributed by atoms with Crippen molar-refractivity contribution in [3.63, 3.8) is 0 Å². The second-order valence-electron chi connectivity index (χ2n) is 12.9. The lowest BCUT2D eigenvalue weighted by atomic mass is 9.41. The van der Waals surface area contributed by atoms with Crippen molar-refractivity contribution in [2.75, 3.05) is 13.7 Å². The normalized spacial score (nSPS) is 43.7. The molecule has 0 heterocycles. The highest BCUT2D eigenvalue weighted by molar-refractivity contribution is 5.86. The van der Waals surface area contributed by atoms with Gasteiger partial charge in [-0.05, 0) is 92.8 Å². The van der Waals surface area contributed by atoms with E-state index in [0.29, 0.717) is 36.9 Å². The van der Waals surface area contributed by atoms with E-state index in [-0.39, 0.29) is 59.1 Å². The van der Waals surface area contributed by atoms with Crippen LogP contribution in [0.4, 0.5) is 4.79 Å². The Morgan fingerprint density at radius 3 is 2.49 bits per heavy atom. The van der Waals surface area contributed by atoms with Crippen molar-refractivity contribution < 1.29 is 33.7 Å². The Hall–Kier alpha value is -1.63. The number of hydrogen-bond donors (Lipinski definition) is 1. The predicted molar refractivity (Wildman–Crippen MR) is 138 cm³/mol. The summed E-state index contributed by atoms with van der Waals surface area (Å²) in [5, 5.41) is 11.8. The van der Waals surface area contributed by atoms with Crippen LogP contribution in [0.1, 0.15) is 92.4 Å². The topological polar surface area (TPSA) is 99.1 Å². The molecule has 4 saturated carbocycles. The average Bonchev–Trinajstić information content (AvgIpc) is 3.19. The van der Waals surface area contributed by atoms with Crippen molar-refractivity contribution in [3.8, 4) is 0 Å². The second kappa shape index (κ2) is 10.9. The number of carbonyl (C=O) groups is 3. The fraction of sp³-hybridized carbons (Fsp3) is 0.900. The molecular formula is C30H48O7. The number of fused-ring (bicyclic) bond motifs is 5. The molecule has 0 aromatic rings. The summed E-state index contributed by atoms with van der Waals surface area (Å²) in [6.45, 7) is 11.0. The maximum atomic E-state index is 14.3. The summed E-state index contributed by atoms with van der Waals surface area (Å²) in [6.07, 6.45) is 5.55. The fourth-order valence-corrected chi connectivity index (χ4v) is 9.75. The van der Waals surface area contributed by atoms with E-state index in [1.807, 2.05) is 0 Å². The lowest BCUT2D eigenvalue weighted by Crippen LogP contribution is -2.64. The molecule has 4 rings (SSSR count). The van der Waals surface area contributed by atoms with Gasteiger partial charge in [0, 0.05) is 24.2 Å². The first kappa shape index (κ1) is 28.4. The van der Waals surface area contributed by atoms with Gasteiger partial charge >= 0.3 is 12.1 Å². The quantitative estimate of drug-likeness (QED) is 0.439. The molecule has 0 spiro atoms. The van der Waals surface area contributed by atoms with Gasteiger partial charge in [0.1, 0.15) is 11.9 Å². The third-order valence-corrected chi connectivity index (χ3v) is 11.4. The standard InChI is InChI=1S/C30H48O7/c1-7-19-22-15-18(37-28(34)36-8-2)13-14-29(22,4)26-23(31)16-30(5)20(17(3)9-12-24(32)35-6)10-11-21(30)25(26)27(19)33/h17-23,25-26,31H,7-16H2,1-6H3/t17-,18-,19-,20-,21?,22+,23?,25?,26?,29+,30-/m1/s1. The lowest BCUT2D eigenvalue weighted by molar-refractivity contribution is -0.198. The predicted octanol–water partition coefficient (Wildman–Crippen LogP) is 5.56. The summed E-state index contributed by atoms with van der Waals surface area (Å²) in [7, 11) is 1.43. The van der Waals surface area contributed by atoms with Crippen LogP contribution in [0.15, 0.2) is 0 Å². The van der Waals surface area contributed by atoms with E-state index in [9.17, 15) is 19.5 Å². The summed E-state index contributed by atoms with van der Waals surface area (Å²) in [5.41, 5.74) is -0.277. The number of Topliss-reactive ketones (excluding diaryl/α,β-unsaturated/α-hetero) is 1. The molecule has 1 N–H and O–H groups in total. The maximum Gasteiger partial charge on any atom is 0.508 e. The number of ketones is 1. The highest BCUT2D eigenvalue weighted by Crippen LogP contribution is 2.68. The van der Waals surface area contributed by atoms with Gasteiger partial charge < -0.3 is 19.3 Å².